The maximum Gasteiger partial charge on any atom is 0.147 e. The summed E-state index contributed by atoms with van der Waals surface area (Å²) in [5.74, 6) is 0.311. The molecule has 4 nitrogen and oxygen atoms in total. The average molecular weight is 262 g/mol. The third kappa shape index (κ3) is 7.01. The topological polar surface area (TPSA) is 49.4 Å². The Morgan fingerprint density at radius 3 is 2.65 bits per heavy atom. The molecule has 0 bridgehead atoms. The molecule has 1 rings (SSSR count). The first-order valence-electron chi connectivity index (χ1n) is 6.64. The van der Waals surface area contributed by atoms with E-state index in [1.807, 2.05) is 0 Å². The number of nitrogens with zero attached hydrogens (tertiary/aromatic N) is 1. The molecule has 0 amide bonds. The largest absolute Gasteiger partial charge is 0.313 e. The van der Waals surface area contributed by atoms with Crippen LogP contribution in [0.3, 0.4) is 0 Å². The first-order chi connectivity index (χ1) is 8.01. The van der Waals surface area contributed by atoms with Gasteiger partial charge in [0, 0.05) is 18.8 Å². The Balaban J connectivity index is 2.26. The number of hydrogen-bond acceptors (Lipinski definition) is 4. The van der Waals surface area contributed by atoms with E-state index in [9.17, 15) is 8.42 Å². The van der Waals surface area contributed by atoms with Gasteiger partial charge in [-0.2, -0.15) is 0 Å². The maximum absolute atomic E-state index is 11.1. The first kappa shape index (κ1) is 14.9. The van der Waals surface area contributed by atoms with Gasteiger partial charge >= 0.3 is 0 Å². The highest BCUT2D eigenvalue weighted by molar-refractivity contribution is 7.90. The Kier molecular flexibility index (Phi) is 6.44. The Morgan fingerprint density at radius 1 is 1.35 bits per heavy atom. The molecule has 0 saturated carbocycles. The molecule has 0 spiro atoms. The lowest BCUT2D eigenvalue weighted by atomic mass is 10.2. The molecular weight excluding hydrogens is 236 g/mol. The van der Waals surface area contributed by atoms with E-state index in [1.54, 1.807) is 0 Å². The van der Waals surface area contributed by atoms with Crippen LogP contribution in [0.5, 0.6) is 0 Å². The molecule has 5 heteroatoms. The van der Waals surface area contributed by atoms with Gasteiger partial charge in [0.25, 0.3) is 0 Å². The van der Waals surface area contributed by atoms with Crippen molar-refractivity contribution in [3.63, 3.8) is 0 Å². The van der Waals surface area contributed by atoms with E-state index in [1.165, 1.54) is 19.1 Å². The van der Waals surface area contributed by atoms with E-state index in [-0.39, 0.29) is 0 Å². The van der Waals surface area contributed by atoms with Gasteiger partial charge in [-0.1, -0.05) is 6.92 Å². The molecule has 102 valence electrons. The molecule has 0 aromatic carbocycles. The lowest BCUT2D eigenvalue weighted by Gasteiger charge is -2.25. The molecule has 1 atom stereocenters. The first-order valence-corrected chi connectivity index (χ1v) is 8.71. The summed E-state index contributed by atoms with van der Waals surface area (Å²) in [5.41, 5.74) is 0. The van der Waals surface area contributed by atoms with E-state index in [4.69, 9.17) is 0 Å². The smallest absolute Gasteiger partial charge is 0.147 e. The summed E-state index contributed by atoms with van der Waals surface area (Å²) in [6.45, 7) is 6.35. The SMILES string of the molecule is CCCN(CCCS(C)(=O)=O)CC1CCCN1. The molecule has 0 radical (unpaired) electrons. The van der Waals surface area contributed by atoms with Crippen LogP contribution in [0.4, 0.5) is 0 Å². The minimum absolute atomic E-state index is 0.311. The predicted molar refractivity (Wildman–Crippen MR) is 72.1 cm³/mol. The number of nitrogens with one attached hydrogen (secondary N) is 1. The van der Waals surface area contributed by atoms with Crippen molar-refractivity contribution in [3.05, 3.63) is 0 Å². The molecule has 1 aliphatic rings. The highest BCUT2D eigenvalue weighted by Gasteiger charge is 2.17. The van der Waals surface area contributed by atoms with Crippen molar-refractivity contribution in [1.82, 2.24) is 10.2 Å². The molecule has 0 aromatic rings. The Hall–Kier alpha value is -0.130. The van der Waals surface area contributed by atoms with Gasteiger partial charge in [-0.15, -0.1) is 0 Å². The predicted octanol–water partition coefficient (Wildman–Crippen LogP) is 0.885. The molecule has 1 fully saturated rings. The highest BCUT2D eigenvalue weighted by atomic mass is 32.2. The van der Waals surface area contributed by atoms with Crippen LogP contribution in [0.25, 0.3) is 0 Å². The molecule has 1 heterocycles. The molecular formula is C12H26N2O2S. The van der Waals surface area contributed by atoms with E-state index in [0.29, 0.717) is 11.8 Å². The van der Waals surface area contributed by atoms with Crippen LogP contribution in [0.1, 0.15) is 32.6 Å². The second kappa shape index (κ2) is 7.34. The fraction of sp³-hybridized carbons (Fsp3) is 1.00. The molecule has 1 unspecified atom stereocenters. The zero-order valence-electron chi connectivity index (χ0n) is 11.1. The van der Waals surface area contributed by atoms with Crippen LogP contribution in [-0.2, 0) is 9.84 Å². The van der Waals surface area contributed by atoms with E-state index in [0.717, 1.165) is 39.0 Å². The normalized spacial score (nSPS) is 21.2. The summed E-state index contributed by atoms with van der Waals surface area (Å²) in [5, 5.41) is 3.49. The van der Waals surface area contributed by atoms with E-state index in [2.05, 4.69) is 17.1 Å². The zero-order chi connectivity index (χ0) is 12.7. The Morgan fingerprint density at radius 2 is 2.12 bits per heavy atom. The third-order valence-corrected chi connectivity index (χ3v) is 4.20. The van der Waals surface area contributed by atoms with Crippen LogP contribution in [0.2, 0.25) is 0 Å². The van der Waals surface area contributed by atoms with E-state index >= 15 is 0 Å². The van der Waals surface area contributed by atoms with Gasteiger partial charge in [-0.3, -0.25) is 0 Å². The lowest BCUT2D eigenvalue weighted by Crippen LogP contribution is -2.38. The molecule has 1 N–H and O–H groups in total. The zero-order valence-corrected chi connectivity index (χ0v) is 11.9. The second-order valence-electron chi connectivity index (χ2n) is 5.08. The third-order valence-electron chi connectivity index (χ3n) is 3.17. The number of rotatable bonds is 8. The number of sulfone groups is 1. The standard InChI is InChI=1S/C12H26N2O2S/c1-3-8-14(9-5-10-17(2,15)16)11-12-6-4-7-13-12/h12-13H,3-11H2,1-2H3. The fourth-order valence-corrected chi connectivity index (χ4v) is 3.04. The van der Waals surface area contributed by atoms with Crippen LogP contribution in [-0.4, -0.2) is 57.5 Å². The summed E-state index contributed by atoms with van der Waals surface area (Å²) in [6, 6.07) is 0.611. The molecule has 1 saturated heterocycles. The second-order valence-corrected chi connectivity index (χ2v) is 7.34. The number of hydrogen-bond donors (Lipinski definition) is 1. The Bertz CT molecular complexity index is 298. The summed E-state index contributed by atoms with van der Waals surface area (Å²) in [6.07, 6.45) is 5.73. The van der Waals surface area contributed by atoms with Crippen LogP contribution in [0.15, 0.2) is 0 Å². The van der Waals surface area contributed by atoms with Gasteiger partial charge in [0.15, 0.2) is 0 Å². The van der Waals surface area contributed by atoms with Crippen molar-refractivity contribution in [3.8, 4) is 0 Å². The summed E-state index contributed by atoms with van der Waals surface area (Å²) in [4.78, 5) is 2.40. The van der Waals surface area contributed by atoms with Crippen molar-refractivity contribution < 1.29 is 8.42 Å². The summed E-state index contributed by atoms with van der Waals surface area (Å²) < 4.78 is 22.2. The van der Waals surface area contributed by atoms with Gasteiger partial charge in [0.1, 0.15) is 9.84 Å². The molecule has 1 aliphatic heterocycles. The van der Waals surface area contributed by atoms with Crippen molar-refractivity contribution in [2.24, 2.45) is 0 Å². The van der Waals surface area contributed by atoms with Crippen molar-refractivity contribution in [2.75, 3.05) is 38.2 Å². The summed E-state index contributed by atoms with van der Waals surface area (Å²) in [7, 11) is -2.80. The molecule has 0 aliphatic carbocycles. The monoisotopic (exact) mass is 262 g/mol. The minimum Gasteiger partial charge on any atom is -0.313 e. The average Bonchev–Trinajstić information content (AvgIpc) is 2.68. The van der Waals surface area contributed by atoms with Gasteiger partial charge in [-0.05, 0) is 45.3 Å². The van der Waals surface area contributed by atoms with Gasteiger partial charge in [0.05, 0.1) is 5.75 Å². The van der Waals surface area contributed by atoms with Crippen molar-refractivity contribution >= 4 is 9.84 Å². The van der Waals surface area contributed by atoms with Crippen molar-refractivity contribution in [1.29, 1.82) is 0 Å². The fourth-order valence-electron chi connectivity index (χ4n) is 2.39. The molecule has 0 aromatic heterocycles. The quantitative estimate of drug-likeness (QED) is 0.706. The van der Waals surface area contributed by atoms with Crippen molar-refractivity contribution in [2.45, 2.75) is 38.6 Å². The maximum atomic E-state index is 11.1. The van der Waals surface area contributed by atoms with Crippen LogP contribution < -0.4 is 5.32 Å². The van der Waals surface area contributed by atoms with E-state index < -0.39 is 9.84 Å². The van der Waals surface area contributed by atoms with Gasteiger partial charge in [-0.25, -0.2) is 8.42 Å². The van der Waals surface area contributed by atoms with Gasteiger partial charge in [0.2, 0.25) is 0 Å². The Labute approximate surface area is 106 Å². The van der Waals surface area contributed by atoms with Gasteiger partial charge < -0.3 is 10.2 Å². The highest BCUT2D eigenvalue weighted by Crippen LogP contribution is 2.08. The minimum atomic E-state index is -2.80. The van der Waals surface area contributed by atoms with Crippen LogP contribution >= 0.6 is 0 Å². The van der Waals surface area contributed by atoms with Crippen LogP contribution in [0, 0.1) is 0 Å². The lowest BCUT2D eigenvalue weighted by molar-refractivity contribution is 0.250. The molecule has 17 heavy (non-hydrogen) atoms. The summed E-state index contributed by atoms with van der Waals surface area (Å²) >= 11 is 0.